The van der Waals surface area contributed by atoms with Gasteiger partial charge in [-0.05, 0) is 0 Å². The smallest absolute Gasteiger partial charge is 0.256 e. The molecule has 0 spiro atoms. The van der Waals surface area contributed by atoms with E-state index in [2.05, 4.69) is 16.6 Å². The Bertz CT molecular complexity index is 219. The molecule has 0 saturated carbocycles. The summed E-state index contributed by atoms with van der Waals surface area (Å²) in [5.41, 5.74) is 0. The molecule has 0 aromatic carbocycles. The molecule has 0 rings (SSSR count). The van der Waals surface area contributed by atoms with Gasteiger partial charge in [0.15, 0.2) is 4.84 Å². The lowest BCUT2D eigenvalue weighted by atomic mass is 10.4. The average Bonchev–Trinajstić information content (AvgIpc) is 2.15. The Labute approximate surface area is 93.1 Å². The Hall–Kier alpha value is -0.740. The number of rotatable bonds is 6. The van der Waals surface area contributed by atoms with Crippen LogP contribution in [0, 0.1) is 0 Å². The normalized spacial score (nSPS) is 10.6. The molecule has 1 amide bonds. The first kappa shape index (κ1) is 13.3. The zero-order valence-corrected chi connectivity index (χ0v) is 9.33. The van der Waals surface area contributed by atoms with Crippen LogP contribution in [0.1, 0.15) is 0 Å². The predicted molar refractivity (Wildman–Crippen MR) is 57.8 cm³/mol. The molecule has 0 fully saturated rings. The van der Waals surface area contributed by atoms with Crippen molar-refractivity contribution in [1.82, 2.24) is 4.90 Å². The van der Waals surface area contributed by atoms with E-state index in [9.17, 15) is 4.79 Å². The van der Waals surface area contributed by atoms with Crippen molar-refractivity contribution in [2.24, 2.45) is 5.16 Å². The van der Waals surface area contributed by atoms with E-state index >= 15 is 0 Å². The van der Waals surface area contributed by atoms with E-state index in [-0.39, 0.29) is 12.5 Å². The molecule has 0 aromatic heterocycles. The minimum absolute atomic E-state index is 0.286. The highest BCUT2D eigenvalue weighted by atomic mass is 35.5. The number of oxime groups is 1. The van der Waals surface area contributed by atoms with Gasteiger partial charge in [0.25, 0.3) is 5.91 Å². The maximum absolute atomic E-state index is 11.3. The number of halogens is 2. The number of alkyl halides is 2. The van der Waals surface area contributed by atoms with E-state index in [1.165, 1.54) is 18.2 Å². The summed E-state index contributed by atoms with van der Waals surface area (Å²) in [5.74, 6) is -0.379. The molecule has 0 radical (unpaired) electrons. The summed E-state index contributed by atoms with van der Waals surface area (Å²) >= 11 is 10.9. The predicted octanol–water partition coefficient (Wildman–Crippen LogP) is 1.44. The molecule has 0 aliphatic heterocycles. The highest BCUT2D eigenvalue weighted by Gasteiger charge is 2.18. The molecule has 0 N–H and O–H groups in total. The third-order valence-corrected chi connectivity index (χ3v) is 1.70. The number of hydrogen-bond acceptors (Lipinski definition) is 3. The van der Waals surface area contributed by atoms with Gasteiger partial charge < -0.3 is 9.74 Å². The van der Waals surface area contributed by atoms with Gasteiger partial charge in [-0.25, -0.2) is 0 Å². The highest BCUT2D eigenvalue weighted by molar-refractivity contribution is 6.53. The van der Waals surface area contributed by atoms with Gasteiger partial charge in [0.05, 0.1) is 12.8 Å². The van der Waals surface area contributed by atoms with Crippen LogP contribution in [0.4, 0.5) is 0 Å². The summed E-state index contributed by atoms with van der Waals surface area (Å²) in [6, 6.07) is 0. The maximum Gasteiger partial charge on any atom is 0.256 e. The monoisotopic (exact) mass is 238 g/mol. The van der Waals surface area contributed by atoms with Crippen LogP contribution in [-0.2, 0) is 9.63 Å². The van der Waals surface area contributed by atoms with E-state index in [0.29, 0.717) is 6.54 Å². The zero-order valence-electron chi connectivity index (χ0n) is 7.82. The fourth-order valence-corrected chi connectivity index (χ4v) is 1.03. The molecule has 6 heteroatoms. The summed E-state index contributed by atoms with van der Waals surface area (Å²) in [7, 11) is 1.42. The van der Waals surface area contributed by atoms with Crippen LogP contribution in [0.25, 0.3) is 0 Å². The van der Waals surface area contributed by atoms with E-state index in [1.54, 1.807) is 6.08 Å². The molecular weight excluding hydrogens is 227 g/mol. The topological polar surface area (TPSA) is 41.9 Å². The van der Waals surface area contributed by atoms with Crippen LogP contribution in [0.3, 0.4) is 0 Å². The van der Waals surface area contributed by atoms with Crippen LogP contribution in [0.5, 0.6) is 0 Å². The van der Waals surface area contributed by atoms with Crippen LogP contribution in [0.2, 0.25) is 0 Å². The van der Waals surface area contributed by atoms with Gasteiger partial charge in [0.1, 0.15) is 7.11 Å². The lowest BCUT2D eigenvalue weighted by molar-refractivity contribution is -0.128. The third kappa shape index (κ3) is 5.09. The van der Waals surface area contributed by atoms with Crippen LogP contribution in [0.15, 0.2) is 17.8 Å². The quantitative estimate of drug-likeness (QED) is 0.304. The fourth-order valence-electron chi connectivity index (χ4n) is 0.755. The number of amides is 1. The van der Waals surface area contributed by atoms with Gasteiger partial charge in [-0.2, -0.15) is 0 Å². The molecular formula is C8H12Cl2N2O2. The van der Waals surface area contributed by atoms with Gasteiger partial charge >= 0.3 is 0 Å². The minimum atomic E-state index is -1.06. The van der Waals surface area contributed by atoms with E-state index in [1.807, 2.05) is 0 Å². The summed E-state index contributed by atoms with van der Waals surface area (Å²) < 4.78 is 0. The van der Waals surface area contributed by atoms with E-state index in [4.69, 9.17) is 23.2 Å². The molecule has 0 heterocycles. The molecule has 4 nitrogen and oxygen atoms in total. The van der Waals surface area contributed by atoms with Crippen molar-refractivity contribution in [3.05, 3.63) is 12.7 Å². The van der Waals surface area contributed by atoms with Crippen molar-refractivity contribution in [3.63, 3.8) is 0 Å². The second-order valence-corrected chi connectivity index (χ2v) is 3.40. The van der Waals surface area contributed by atoms with E-state index in [0.717, 1.165) is 0 Å². The van der Waals surface area contributed by atoms with Crippen LogP contribution < -0.4 is 0 Å². The molecule has 0 bridgehead atoms. The molecule has 0 unspecified atom stereocenters. The number of nitrogens with zero attached hydrogens (tertiary/aromatic N) is 2. The zero-order chi connectivity index (χ0) is 11.0. The van der Waals surface area contributed by atoms with Crippen molar-refractivity contribution in [3.8, 4) is 0 Å². The van der Waals surface area contributed by atoms with Crippen LogP contribution >= 0.6 is 23.2 Å². The first-order valence-electron chi connectivity index (χ1n) is 3.86. The number of hydrogen-bond donors (Lipinski definition) is 0. The Morgan fingerprint density at radius 3 is 2.71 bits per heavy atom. The highest BCUT2D eigenvalue weighted by Crippen LogP contribution is 2.06. The first-order valence-corrected chi connectivity index (χ1v) is 4.73. The lowest BCUT2D eigenvalue weighted by Crippen LogP contribution is -2.36. The van der Waals surface area contributed by atoms with Crippen LogP contribution in [-0.4, -0.2) is 42.1 Å². The molecule has 0 aliphatic carbocycles. The summed E-state index contributed by atoms with van der Waals surface area (Å²) in [6.07, 6.45) is 3.02. The van der Waals surface area contributed by atoms with Crippen molar-refractivity contribution >= 4 is 35.3 Å². The average molecular weight is 239 g/mol. The minimum Gasteiger partial charge on any atom is -0.399 e. The fraction of sp³-hybridized carbons (Fsp3) is 0.500. The maximum atomic E-state index is 11.3. The van der Waals surface area contributed by atoms with Crippen molar-refractivity contribution in [2.75, 3.05) is 20.2 Å². The van der Waals surface area contributed by atoms with Gasteiger partial charge in [-0.15, -0.1) is 6.58 Å². The molecule has 0 aliphatic rings. The van der Waals surface area contributed by atoms with Gasteiger partial charge in [0.2, 0.25) is 0 Å². The molecule has 80 valence electrons. The second kappa shape index (κ2) is 7.64. The number of carbonyl (C=O) groups is 1. The molecule has 0 saturated heterocycles. The molecule has 0 aromatic rings. The Morgan fingerprint density at radius 1 is 1.64 bits per heavy atom. The lowest BCUT2D eigenvalue weighted by Gasteiger charge is -2.18. The van der Waals surface area contributed by atoms with Crippen molar-refractivity contribution < 1.29 is 9.63 Å². The van der Waals surface area contributed by atoms with Crippen molar-refractivity contribution in [1.29, 1.82) is 0 Å². The van der Waals surface area contributed by atoms with Gasteiger partial charge in [-0.1, -0.05) is 34.4 Å². The SMILES string of the molecule is C=CCN(CC=NOC)C(=O)C(Cl)Cl. The third-order valence-electron chi connectivity index (χ3n) is 1.33. The Morgan fingerprint density at radius 2 is 2.29 bits per heavy atom. The Kier molecular flexibility index (Phi) is 7.24. The first-order chi connectivity index (χ1) is 6.63. The van der Waals surface area contributed by atoms with E-state index < -0.39 is 4.84 Å². The van der Waals surface area contributed by atoms with Gasteiger partial charge in [0, 0.05) is 6.54 Å². The number of carbonyl (C=O) groups excluding carboxylic acids is 1. The summed E-state index contributed by atoms with van der Waals surface area (Å²) in [6.45, 7) is 4.17. The standard InChI is InChI=1S/C8H12Cl2N2O2/c1-3-5-12(6-4-11-14-2)8(13)7(9)10/h3-4,7H,1,5-6H2,2H3. The van der Waals surface area contributed by atoms with Gasteiger partial charge in [-0.3, -0.25) is 4.79 Å². The summed E-state index contributed by atoms with van der Waals surface area (Å²) in [4.78, 5) is 16.1. The molecule has 0 atom stereocenters. The summed E-state index contributed by atoms with van der Waals surface area (Å²) in [5, 5.41) is 3.50. The Balaban J connectivity index is 4.20. The second-order valence-electron chi connectivity index (χ2n) is 2.30. The largest absolute Gasteiger partial charge is 0.399 e. The molecule has 14 heavy (non-hydrogen) atoms. The van der Waals surface area contributed by atoms with Crippen molar-refractivity contribution in [2.45, 2.75) is 4.84 Å².